The fraction of sp³-hybridized carbons (Fsp3) is 0.294. The molecule has 1 fully saturated rings. The minimum absolute atomic E-state index is 0.165. The van der Waals surface area contributed by atoms with Crippen LogP contribution in [0.3, 0.4) is 0 Å². The third kappa shape index (κ3) is 3.05. The summed E-state index contributed by atoms with van der Waals surface area (Å²) in [5, 5.41) is 2.99. The molecular weight excluding hydrogens is 248 g/mol. The lowest BCUT2D eigenvalue weighted by Gasteiger charge is -2.24. The highest BCUT2D eigenvalue weighted by Gasteiger charge is 2.24. The van der Waals surface area contributed by atoms with Gasteiger partial charge in [0, 0.05) is 24.0 Å². The minimum Gasteiger partial charge on any atom is -0.326 e. The highest BCUT2D eigenvalue weighted by atomic mass is 16.1. The molecule has 0 saturated heterocycles. The SMILES string of the molecule is O=C(Nc1ccc(Cc2ccncc2)cc1)C1CCC1. The van der Waals surface area contributed by atoms with E-state index in [0.29, 0.717) is 0 Å². The van der Waals surface area contributed by atoms with E-state index < -0.39 is 0 Å². The van der Waals surface area contributed by atoms with Crippen molar-refractivity contribution in [1.29, 1.82) is 0 Å². The maximum Gasteiger partial charge on any atom is 0.227 e. The van der Waals surface area contributed by atoms with Crippen LogP contribution < -0.4 is 5.32 Å². The molecule has 0 bridgehead atoms. The second-order valence-electron chi connectivity index (χ2n) is 5.35. The lowest BCUT2D eigenvalue weighted by molar-refractivity contribution is -0.122. The van der Waals surface area contributed by atoms with Gasteiger partial charge >= 0.3 is 0 Å². The second kappa shape index (κ2) is 5.87. The topological polar surface area (TPSA) is 42.0 Å². The lowest BCUT2D eigenvalue weighted by atomic mass is 9.85. The number of carbonyl (C=O) groups excluding carboxylic acids is 1. The van der Waals surface area contributed by atoms with Crippen LogP contribution in [-0.2, 0) is 11.2 Å². The summed E-state index contributed by atoms with van der Waals surface area (Å²) in [5.74, 6) is 0.393. The Bertz CT molecular complexity index is 574. The predicted molar refractivity (Wildman–Crippen MR) is 79.5 cm³/mol. The first kappa shape index (κ1) is 12.9. The highest BCUT2D eigenvalue weighted by Crippen LogP contribution is 2.27. The maximum absolute atomic E-state index is 11.9. The van der Waals surface area contributed by atoms with E-state index in [4.69, 9.17) is 0 Å². The van der Waals surface area contributed by atoms with Gasteiger partial charge in [-0.2, -0.15) is 0 Å². The van der Waals surface area contributed by atoms with Crippen molar-refractivity contribution >= 4 is 11.6 Å². The third-order valence-corrected chi connectivity index (χ3v) is 3.86. The monoisotopic (exact) mass is 266 g/mol. The number of amides is 1. The summed E-state index contributed by atoms with van der Waals surface area (Å²) in [5.41, 5.74) is 3.37. The van der Waals surface area contributed by atoms with E-state index in [2.05, 4.69) is 22.4 Å². The van der Waals surface area contributed by atoms with Crippen molar-refractivity contribution in [2.75, 3.05) is 5.32 Å². The molecule has 20 heavy (non-hydrogen) atoms. The summed E-state index contributed by atoms with van der Waals surface area (Å²) < 4.78 is 0. The van der Waals surface area contributed by atoms with Gasteiger partial charge in [0.25, 0.3) is 0 Å². The molecule has 1 amide bonds. The molecule has 1 aromatic heterocycles. The van der Waals surface area contributed by atoms with Crippen LogP contribution in [0.2, 0.25) is 0 Å². The molecule has 1 heterocycles. The van der Waals surface area contributed by atoms with Crippen molar-refractivity contribution in [1.82, 2.24) is 4.98 Å². The van der Waals surface area contributed by atoms with Gasteiger partial charge in [-0.3, -0.25) is 9.78 Å². The Labute approximate surface area is 119 Å². The van der Waals surface area contributed by atoms with Crippen LogP contribution in [0.5, 0.6) is 0 Å². The summed E-state index contributed by atoms with van der Waals surface area (Å²) in [6.45, 7) is 0. The molecule has 3 heteroatoms. The zero-order chi connectivity index (χ0) is 13.8. The Balaban J connectivity index is 1.61. The molecule has 102 valence electrons. The van der Waals surface area contributed by atoms with Crippen LogP contribution in [0.15, 0.2) is 48.8 Å². The van der Waals surface area contributed by atoms with Crippen molar-refractivity contribution in [3.63, 3.8) is 0 Å². The summed E-state index contributed by atoms with van der Waals surface area (Å²) in [6.07, 6.45) is 7.76. The Morgan fingerprint density at radius 3 is 2.30 bits per heavy atom. The Kier molecular flexibility index (Phi) is 3.77. The van der Waals surface area contributed by atoms with Gasteiger partial charge in [-0.1, -0.05) is 18.6 Å². The maximum atomic E-state index is 11.9. The molecule has 1 N–H and O–H groups in total. The lowest BCUT2D eigenvalue weighted by Crippen LogP contribution is -2.27. The predicted octanol–water partition coefficient (Wildman–Crippen LogP) is 3.41. The Hall–Kier alpha value is -2.16. The van der Waals surface area contributed by atoms with E-state index in [0.717, 1.165) is 24.9 Å². The van der Waals surface area contributed by atoms with Gasteiger partial charge in [0.15, 0.2) is 0 Å². The van der Waals surface area contributed by atoms with Crippen molar-refractivity contribution in [2.45, 2.75) is 25.7 Å². The number of anilines is 1. The van der Waals surface area contributed by atoms with Gasteiger partial charge in [0.2, 0.25) is 5.91 Å². The number of rotatable bonds is 4. The third-order valence-electron chi connectivity index (χ3n) is 3.86. The number of nitrogens with zero attached hydrogens (tertiary/aromatic N) is 1. The summed E-state index contributed by atoms with van der Waals surface area (Å²) in [4.78, 5) is 15.9. The van der Waals surface area contributed by atoms with Gasteiger partial charge in [0.05, 0.1) is 0 Å². The van der Waals surface area contributed by atoms with Gasteiger partial charge in [0.1, 0.15) is 0 Å². The average molecular weight is 266 g/mol. The molecule has 1 aromatic carbocycles. The molecule has 1 saturated carbocycles. The van der Waals surface area contributed by atoms with E-state index in [1.807, 2.05) is 36.7 Å². The number of nitrogens with one attached hydrogen (secondary N) is 1. The number of carbonyl (C=O) groups is 1. The van der Waals surface area contributed by atoms with Crippen LogP contribution in [-0.4, -0.2) is 10.9 Å². The van der Waals surface area contributed by atoms with Crippen LogP contribution in [0.1, 0.15) is 30.4 Å². The molecule has 0 atom stereocenters. The van der Waals surface area contributed by atoms with Crippen LogP contribution in [0.4, 0.5) is 5.69 Å². The normalized spacial score (nSPS) is 14.6. The first-order valence-electron chi connectivity index (χ1n) is 7.10. The van der Waals surface area contributed by atoms with Gasteiger partial charge < -0.3 is 5.32 Å². The average Bonchev–Trinajstić information content (AvgIpc) is 2.40. The van der Waals surface area contributed by atoms with Crippen molar-refractivity contribution < 1.29 is 4.79 Å². The van der Waals surface area contributed by atoms with Gasteiger partial charge in [-0.05, 0) is 54.7 Å². The van der Waals surface area contributed by atoms with Gasteiger partial charge in [-0.15, -0.1) is 0 Å². The smallest absolute Gasteiger partial charge is 0.227 e. The van der Waals surface area contributed by atoms with Crippen molar-refractivity contribution in [3.8, 4) is 0 Å². The van der Waals surface area contributed by atoms with E-state index >= 15 is 0 Å². The van der Waals surface area contributed by atoms with E-state index in [-0.39, 0.29) is 11.8 Å². The number of benzene rings is 1. The molecule has 0 unspecified atom stereocenters. The fourth-order valence-corrected chi connectivity index (χ4v) is 2.36. The molecule has 1 aliphatic rings. The van der Waals surface area contributed by atoms with E-state index in [1.54, 1.807) is 0 Å². The molecular formula is C17H18N2O. The summed E-state index contributed by atoms with van der Waals surface area (Å²) in [7, 11) is 0. The summed E-state index contributed by atoms with van der Waals surface area (Å²) >= 11 is 0. The highest BCUT2D eigenvalue weighted by molar-refractivity contribution is 5.92. The number of hydrogen-bond acceptors (Lipinski definition) is 2. The van der Waals surface area contributed by atoms with Gasteiger partial charge in [-0.25, -0.2) is 0 Å². The second-order valence-corrected chi connectivity index (χ2v) is 5.35. The largest absolute Gasteiger partial charge is 0.326 e. The zero-order valence-corrected chi connectivity index (χ0v) is 11.4. The number of hydrogen-bond donors (Lipinski definition) is 1. The summed E-state index contributed by atoms with van der Waals surface area (Å²) in [6, 6.07) is 12.1. The van der Waals surface area contributed by atoms with E-state index in [1.165, 1.54) is 17.5 Å². The first-order valence-corrected chi connectivity index (χ1v) is 7.10. The Morgan fingerprint density at radius 2 is 1.70 bits per heavy atom. The van der Waals surface area contributed by atoms with E-state index in [9.17, 15) is 4.79 Å². The molecule has 0 spiro atoms. The number of aromatic nitrogens is 1. The van der Waals surface area contributed by atoms with Crippen LogP contribution in [0, 0.1) is 5.92 Å². The van der Waals surface area contributed by atoms with Crippen LogP contribution >= 0.6 is 0 Å². The minimum atomic E-state index is 0.165. The molecule has 0 radical (unpaired) electrons. The fourth-order valence-electron chi connectivity index (χ4n) is 2.36. The molecule has 2 aromatic rings. The quantitative estimate of drug-likeness (QED) is 0.921. The van der Waals surface area contributed by atoms with Crippen molar-refractivity contribution in [3.05, 3.63) is 59.9 Å². The van der Waals surface area contributed by atoms with Crippen LogP contribution in [0.25, 0.3) is 0 Å². The zero-order valence-electron chi connectivity index (χ0n) is 11.4. The number of pyridine rings is 1. The molecule has 3 nitrogen and oxygen atoms in total. The Morgan fingerprint density at radius 1 is 1.05 bits per heavy atom. The molecule has 1 aliphatic carbocycles. The first-order chi connectivity index (χ1) is 9.81. The molecule has 0 aliphatic heterocycles. The molecule has 3 rings (SSSR count). The standard InChI is InChI=1S/C17H18N2O/c20-17(15-2-1-3-15)19-16-6-4-13(5-7-16)12-14-8-10-18-11-9-14/h4-11,15H,1-3,12H2,(H,19,20). The van der Waals surface area contributed by atoms with Crippen molar-refractivity contribution in [2.24, 2.45) is 5.92 Å².